The molecule has 0 aliphatic heterocycles. The molecule has 0 bridgehead atoms. The summed E-state index contributed by atoms with van der Waals surface area (Å²) in [4.78, 5) is 25.1. The first-order valence-corrected chi connectivity index (χ1v) is 8.90. The molecule has 0 fully saturated rings. The van der Waals surface area contributed by atoms with E-state index in [0.29, 0.717) is 27.0 Å². The molecule has 27 heavy (non-hydrogen) atoms. The van der Waals surface area contributed by atoms with Crippen LogP contribution in [0.3, 0.4) is 0 Å². The molecule has 136 valence electrons. The number of ether oxygens (including phenoxy) is 1. The first-order chi connectivity index (χ1) is 13.0. The Morgan fingerprint density at radius 1 is 1.11 bits per heavy atom. The second-order valence-corrected chi connectivity index (χ2v) is 6.54. The normalized spacial score (nSPS) is 11.2. The Bertz CT molecular complexity index is 1240. The number of hydrogen-bond acceptors (Lipinski definition) is 4. The van der Waals surface area contributed by atoms with Gasteiger partial charge in [-0.1, -0.05) is 29.8 Å². The van der Waals surface area contributed by atoms with Crippen LogP contribution in [0.5, 0.6) is 0 Å². The molecule has 0 aliphatic carbocycles. The van der Waals surface area contributed by atoms with E-state index < -0.39 is 11.6 Å². The summed E-state index contributed by atoms with van der Waals surface area (Å²) in [6.45, 7) is 3.76. The molecule has 0 spiro atoms. The third kappa shape index (κ3) is 2.71. The molecule has 2 aromatic carbocycles. The topological polar surface area (TPSA) is 61.4 Å². The largest absolute Gasteiger partial charge is 0.462 e. The highest BCUT2D eigenvalue weighted by Gasteiger charge is 2.26. The summed E-state index contributed by atoms with van der Waals surface area (Å²) < 4.78 is 12.7. The quantitative estimate of drug-likeness (QED) is 0.475. The maximum Gasteiger partial charge on any atom is 0.344 e. The van der Waals surface area contributed by atoms with Crippen LogP contribution in [-0.2, 0) is 4.74 Å². The summed E-state index contributed by atoms with van der Waals surface area (Å²) >= 11 is 6.03. The zero-order valence-electron chi connectivity index (χ0n) is 14.8. The van der Waals surface area contributed by atoms with Gasteiger partial charge in [0.05, 0.1) is 17.5 Å². The van der Waals surface area contributed by atoms with Crippen molar-refractivity contribution in [1.29, 1.82) is 0 Å². The van der Waals surface area contributed by atoms with Crippen LogP contribution in [0.2, 0.25) is 5.02 Å². The third-order valence-corrected chi connectivity index (χ3v) is 4.78. The van der Waals surface area contributed by atoms with Crippen LogP contribution in [0.15, 0.2) is 57.7 Å². The molecule has 0 unspecified atom stereocenters. The number of fused-ring (bicyclic) bond motifs is 3. The number of esters is 1. The van der Waals surface area contributed by atoms with Crippen molar-refractivity contribution in [2.24, 2.45) is 0 Å². The summed E-state index contributed by atoms with van der Waals surface area (Å²) in [6, 6.07) is 14.4. The van der Waals surface area contributed by atoms with E-state index in [-0.39, 0.29) is 17.8 Å². The van der Waals surface area contributed by atoms with Gasteiger partial charge in [0.15, 0.2) is 5.58 Å². The van der Waals surface area contributed by atoms with Crippen LogP contribution < -0.4 is 5.63 Å². The van der Waals surface area contributed by atoms with Crippen LogP contribution in [0.4, 0.5) is 0 Å². The number of rotatable bonds is 3. The fourth-order valence-corrected chi connectivity index (χ4v) is 3.50. The number of aromatic nitrogens is 1. The average molecular weight is 382 g/mol. The molecule has 4 rings (SSSR count). The summed E-state index contributed by atoms with van der Waals surface area (Å²) in [7, 11) is 0. The number of benzene rings is 2. The van der Waals surface area contributed by atoms with Gasteiger partial charge in [0.25, 0.3) is 0 Å². The number of carbonyl (C=O) groups excluding carboxylic acids is 1. The molecular weight excluding hydrogens is 366 g/mol. The van der Waals surface area contributed by atoms with Gasteiger partial charge < -0.3 is 13.7 Å². The lowest BCUT2D eigenvalue weighted by Crippen LogP contribution is -2.07. The van der Waals surface area contributed by atoms with E-state index in [4.69, 9.17) is 20.8 Å². The van der Waals surface area contributed by atoms with Crippen molar-refractivity contribution in [1.82, 2.24) is 4.57 Å². The molecule has 2 heterocycles. The van der Waals surface area contributed by atoms with Crippen molar-refractivity contribution in [3.63, 3.8) is 0 Å². The van der Waals surface area contributed by atoms with Crippen LogP contribution in [-0.4, -0.2) is 17.1 Å². The van der Waals surface area contributed by atoms with Crippen LogP contribution in [0.25, 0.3) is 27.6 Å². The van der Waals surface area contributed by atoms with Gasteiger partial charge in [-0.2, -0.15) is 0 Å². The molecule has 0 saturated heterocycles. The smallest absolute Gasteiger partial charge is 0.344 e. The lowest BCUT2D eigenvalue weighted by atomic mass is 10.1. The first kappa shape index (κ1) is 17.4. The molecular formula is C21H16ClNO4. The van der Waals surface area contributed by atoms with Gasteiger partial charge in [-0.15, -0.1) is 0 Å². The number of hydrogen-bond donors (Lipinski definition) is 0. The number of nitrogens with zero attached hydrogens (tertiary/aromatic N) is 1. The maximum atomic E-state index is 12.6. The fraction of sp³-hybridized carbons (Fsp3) is 0.143. The molecule has 5 nitrogen and oxygen atoms in total. The second kappa shape index (κ2) is 6.59. The standard InChI is InChI=1S/C21H16ClNO4/c1-3-26-21(25)17-12(2)23(14-10-8-13(22)9-11-14)18-15-6-4-5-7-16(15)20(24)27-19(17)18/h4-11H,3H2,1-2H3. The van der Waals surface area contributed by atoms with Crippen molar-refractivity contribution in [2.75, 3.05) is 6.61 Å². The summed E-state index contributed by atoms with van der Waals surface area (Å²) in [5.41, 5.74) is 2.07. The Morgan fingerprint density at radius 3 is 2.44 bits per heavy atom. The lowest BCUT2D eigenvalue weighted by molar-refractivity contribution is 0.0526. The van der Waals surface area contributed by atoms with Gasteiger partial charge in [0, 0.05) is 21.8 Å². The van der Waals surface area contributed by atoms with Gasteiger partial charge in [0.2, 0.25) is 0 Å². The van der Waals surface area contributed by atoms with E-state index >= 15 is 0 Å². The van der Waals surface area contributed by atoms with Crippen LogP contribution in [0, 0.1) is 6.92 Å². The van der Waals surface area contributed by atoms with Crippen molar-refractivity contribution in [2.45, 2.75) is 13.8 Å². The summed E-state index contributed by atoms with van der Waals surface area (Å²) in [6.07, 6.45) is 0. The highest BCUT2D eigenvalue weighted by molar-refractivity contribution is 6.30. The molecule has 4 aromatic rings. The monoisotopic (exact) mass is 381 g/mol. The van der Waals surface area contributed by atoms with Crippen molar-refractivity contribution >= 4 is 39.4 Å². The Labute approximate surface area is 159 Å². The van der Waals surface area contributed by atoms with Crippen molar-refractivity contribution in [3.05, 3.63) is 75.2 Å². The fourth-order valence-electron chi connectivity index (χ4n) is 3.38. The van der Waals surface area contributed by atoms with E-state index in [1.165, 1.54) is 0 Å². The zero-order valence-corrected chi connectivity index (χ0v) is 15.5. The van der Waals surface area contributed by atoms with Gasteiger partial charge in [-0.25, -0.2) is 9.59 Å². The van der Waals surface area contributed by atoms with E-state index in [0.717, 1.165) is 5.69 Å². The molecule has 0 radical (unpaired) electrons. The van der Waals surface area contributed by atoms with E-state index in [2.05, 4.69) is 0 Å². The molecule has 2 aromatic heterocycles. The first-order valence-electron chi connectivity index (χ1n) is 8.52. The Hall–Kier alpha value is -3.05. The van der Waals surface area contributed by atoms with Gasteiger partial charge in [-0.3, -0.25) is 0 Å². The SMILES string of the molecule is CCOC(=O)c1c(C)n(-c2ccc(Cl)cc2)c2c1oc(=O)c1ccccc12. The summed E-state index contributed by atoms with van der Waals surface area (Å²) in [5.74, 6) is -0.522. The Morgan fingerprint density at radius 2 is 1.78 bits per heavy atom. The predicted octanol–water partition coefficient (Wildman–Crippen LogP) is 4.88. The minimum Gasteiger partial charge on any atom is -0.462 e. The van der Waals surface area contributed by atoms with Crippen molar-refractivity contribution < 1.29 is 13.9 Å². The van der Waals surface area contributed by atoms with Gasteiger partial charge in [-0.05, 0) is 44.2 Å². The second-order valence-electron chi connectivity index (χ2n) is 6.11. The summed E-state index contributed by atoms with van der Waals surface area (Å²) in [5, 5.41) is 1.76. The molecule has 0 atom stereocenters. The molecule has 0 aliphatic rings. The highest BCUT2D eigenvalue weighted by Crippen LogP contribution is 2.33. The van der Waals surface area contributed by atoms with Crippen LogP contribution in [0.1, 0.15) is 23.0 Å². The Balaban J connectivity index is 2.20. The van der Waals surface area contributed by atoms with E-state index in [1.54, 1.807) is 38.1 Å². The van der Waals surface area contributed by atoms with E-state index in [9.17, 15) is 9.59 Å². The minimum absolute atomic E-state index is 0.226. The van der Waals surface area contributed by atoms with Gasteiger partial charge >= 0.3 is 11.6 Å². The highest BCUT2D eigenvalue weighted by atomic mass is 35.5. The third-order valence-electron chi connectivity index (χ3n) is 4.52. The Kier molecular flexibility index (Phi) is 4.24. The number of halogens is 1. The number of carbonyl (C=O) groups is 1. The zero-order chi connectivity index (χ0) is 19.1. The minimum atomic E-state index is -0.522. The predicted molar refractivity (Wildman–Crippen MR) is 105 cm³/mol. The van der Waals surface area contributed by atoms with Gasteiger partial charge in [0.1, 0.15) is 5.56 Å². The molecule has 0 saturated carbocycles. The van der Waals surface area contributed by atoms with Crippen LogP contribution >= 0.6 is 11.6 Å². The average Bonchev–Trinajstić information content (AvgIpc) is 2.95. The molecule has 0 amide bonds. The maximum absolute atomic E-state index is 12.6. The lowest BCUT2D eigenvalue weighted by Gasteiger charge is -2.10. The molecule has 0 N–H and O–H groups in total. The van der Waals surface area contributed by atoms with E-state index in [1.807, 2.05) is 28.8 Å². The molecule has 6 heteroatoms. The van der Waals surface area contributed by atoms with Crippen molar-refractivity contribution in [3.8, 4) is 5.69 Å².